The quantitative estimate of drug-likeness (QED) is 0.481. The van der Waals surface area contributed by atoms with Gasteiger partial charge in [0.2, 0.25) is 0 Å². The van der Waals surface area contributed by atoms with Crippen molar-refractivity contribution >= 4 is 34.1 Å². The van der Waals surface area contributed by atoms with E-state index in [1.54, 1.807) is 0 Å². The third-order valence-corrected chi connectivity index (χ3v) is 2.20. The van der Waals surface area contributed by atoms with E-state index in [-0.39, 0.29) is 0 Å². The van der Waals surface area contributed by atoms with Crippen LogP contribution in [0.2, 0.25) is 5.02 Å². The van der Waals surface area contributed by atoms with Crippen molar-refractivity contribution in [2.75, 3.05) is 0 Å². The number of pyridine rings is 1. The Hall–Kier alpha value is -1.34. The van der Waals surface area contributed by atoms with Crippen molar-refractivity contribution in [2.45, 2.75) is 6.43 Å². The van der Waals surface area contributed by atoms with Gasteiger partial charge in [-0.3, -0.25) is 14.9 Å². The molecule has 1 aromatic heterocycles. The van der Waals surface area contributed by atoms with Crippen LogP contribution in [-0.2, 0) is 0 Å². The Bertz CT molecular complexity index is 467. The number of hydrogen-bond donors (Lipinski definition) is 0. The van der Waals surface area contributed by atoms with E-state index < -0.39 is 38.6 Å². The topological polar surface area (TPSA) is 73.1 Å². The van der Waals surface area contributed by atoms with Crippen LogP contribution < -0.4 is 0 Å². The van der Waals surface area contributed by atoms with Gasteiger partial charge < -0.3 is 0 Å². The molecule has 0 fully saturated rings. The zero-order chi connectivity index (χ0) is 12.5. The summed E-state index contributed by atoms with van der Waals surface area (Å²) in [6, 6.07) is 0. The zero-order valence-corrected chi connectivity index (χ0v) is 8.80. The maximum absolute atomic E-state index is 12.5. The Morgan fingerprint density at radius 3 is 2.50 bits per heavy atom. The predicted molar refractivity (Wildman–Crippen MR) is 51.0 cm³/mol. The van der Waals surface area contributed by atoms with Gasteiger partial charge in [0.05, 0.1) is 9.95 Å². The van der Waals surface area contributed by atoms with Crippen molar-refractivity contribution in [1.82, 2.24) is 4.98 Å². The standard InChI is InChI=1S/C7H2Cl2F2N2O3/c8-4-3(7(10)11)2(13(15)16)1-12-5(4)6(9)14/h1,7H. The summed E-state index contributed by atoms with van der Waals surface area (Å²) in [7, 11) is 0. The van der Waals surface area contributed by atoms with Crippen LogP contribution in [0.25, 0.3) is 0 Å². The van der Waals surface area contributed by atoms with E-state index in [0.717, 1.165) is 0 Å². The molecule has 5 nitrogen and oxygen atoms in total. The summed E-state index contributed by atoms with van der Waals surface area (Å²) in [4.78, 5) is 23.3. The van der Waals surface area contributed by atoms with E-state index in [1.165, 1.54) is 0 Å². The molecule has 0 bridgehead atoms. The van der Waals surface area contributed by atoms with Gasteiger partial charge in [-0.05, 0) is 11.6 Å². The average Bonchev–Trinajstić information content (AvgIpc) is 2.15. The molecule has 16 heavy (non-hydrogen) atoms. The molecular formula is C7H2Cl2F2N2O3. The number of carbonyl (C=O) groups is 1. The monoisotopic (exact) mass is 270 g/mol. The highest BCUT2D eigenvalue weighted by Gasteiger charge is 2.29. The van der Waals surface area contributed by atoms with Crippen LogP contribution in [0.5, 0.6) is 0 Å². The van der Waals surface area contributed by atoms with Gasteiger partial charge in [-0.2, -0.15) is 0 Å². The van der Waals surface area contributed by atoms with Gasteiger partial charge in [0, 0.05) is 0 Å². The van der Waals surface area contributed by atoms with Crippen molar-refractivity contribution < 1.29 is 18.5 Å². The first kappa shape index (κ1) is 12.7. The lowest BCUT2D eigenvalue weighted by molar-refractivity contribution is -0.386. The van der Waals surface area contributed by atoms with E-state index >= 15 is 0 Å². The molecule has 86 valence electrons. The molecule has 0 aliphatic heterocycles. The molecule has 0 radical (unpaired) electrons. The molecule has 0 saturated heterocycles. The van der Waals surface area contributed by atoms with Crippen LogP contribution in [0.1, 0.15) is 22.5 Å². The second kappa shape index (κ2) is 4.67. The van der Waals surface area contributed by atoms with E-state index in [9.17, 15) is 23.7 Å². The molecule has 1 rings (SSSR count). The normalized spacial score (nSPS) is 10.6. The van der Waals surface area contributed by atoms with Crippen LogP contribution in [0.4, 0.5) is 14.5 Å². The summed E-state index contributed by atoms with van der Waals surface area (Å²) in [5, 5.41) is 8.45. The molecule has 1 heterocycles. The first-order valence-electron chi connectivity index (χ1n) is 3.67. The lowest BCUT2D eigenvalue weighted by atomic mass is 10.2. The highest BCUT2D eigenvalue weighted by molar-refractivity contribution is 6.68. The molecule has 0 aromatic carbocycles. The minimum Gasteiger partial charge on any atom is -0.274 e. The summed E-state index contributed by atoms with van der Waals surface area (Å²) in [5.74, 6) is 0. The first-order chi connectivity index (χ1) is 7.36. The zero-order valence-electron chi connectivity index (χ0n) is 7.29. The number of alkyl halides is 2. The number of hydrogen-bond acceptors (Lipinski definition) is 4. The Morgan fingerprint density at radius 1 is 1.56 bits per heavy atom. The third-order valence-electron chi connectivity index (χ3n) is 1.64. The highest BCUT2D eigenvalue weighted by Crippen LogP contribution is 2.36. The van der Waals surface area contributed by atoms with Crippen LogP contribution >= 0.6 is 23.2 Å². The lowest BCUT2D eigenvalue weighted by Crippen LogP contribution is -2.04. The second-order valence-corrected chi connectivity index (χ2v) is 3.27. The summed E-state index contributed by atoms with van der Waals surface area (Å²) < 4.78 is 25.0. The number of rotatable bonds is 3. The van der Waals surface area contributed by atoms with Crippen LogP contribution in [0.3, 0.4) is 0 Å². The number of nitrogens with zero attached hydrogens (tertiary/aromatic N) is 2. The van der Waals surface area contributed by atoms with Gasteiger partial charge in [0.25, 0.3) is 17.4 Å². The van der Waals surface area contributed by atoms with Crippen molar-refractivity contribution in [1.29, 1.82) is 0 Å². The Kier molecular flexibility index (Phi) is 3.71. The van der Waals surface area contributed by atoms with E-state index in [0.29, 0.717) is 6.20 Å². The minimum absolute atomic E-state index is 0.517. The van der Waals surface area contributed by atoms with Gasteiger partial charge in [0.1, 0.15) is 17.5 Å². The highest BCUT2D eigenvalue weighted by atomic mass is 35.5. The molecule has 0 atom stereocenters. The second-order valence-electron chi connectivity index (χ2n) is 2.55. The summed E-state index contributed by atoms with van der Waals surface area (Å²) in [5.41, 5.74) is -2.66. The van der Waals surface area contributed by atoms with Crippen LogP contribution in [0, 0.1) is 10.1 Å². The lowest BCUT2D eigenvalue weighted by Gasteiger charge is -2.05. The molecule has 0 unspecified atom stereocenters. The maximum Gasteiger partial charge on any atom is 0.298 e. The SMILES string of the molecule is O=C(Cl)c1ncc([N+](=O)[O-])c(C(F)F)c1Cl. The van der Waals surface area contributed by atoms with E-state index in [1.807, 2.05) is 0 Å². The van der Waals surface area contributed by atoms with Gasteiger partial charge >= 0.3 is 0 Å². The van der Waals surface area contributed by atoms with Gasteiger partial charge in [-0.15, -0.1) is 0 Å². The van der Waals surface area contributed by atoms with Crippen molar-refractivity contribution in [3.63, 3.8) is 0 Å². The number of aromatic nitrogens is 1. The van der Waals surface area contributed by atoms with E-state index in [2.05, 4.69) is 4.98 Å². The van der Waals surface area contributed by atoms with Gasteiger partial charge in [-0.1, -0.05) is 11.6 Å². The van der Waals surface area contributed by atoms with Gasteiger partial charge in [0.15, 0.2) is 0 Å². The molecule has 0 aliphatic carbocycles. The Balaban J connectivity index is 3.54. The molecule has 0 N–H and O–H groups in total. The minimum atomic E-state index is -3.20. The molecule has 0 aliphatic rings. The fourth-order valence-corrected chi connectivity index (χ4v) is 1.49. The van der Waals surface area contributed by atoms with E-state index in [4.69, 9.17) is 23.2 Å². The average molecular weight is 271 g/mol. The number of nitro groups is 1. The number of carbonyl (C=O) groups excluding carboxylic acids is 1. The molecule has 0 saturated carbocycles. The summed E-state index contributed by atoms with van der Waals surface area (Å²) >= 11 is 10.4. The molecule has 0 spiro atoms. The fraction of sp³-hybridized carbons (Fsp3) is 0.143. The Labute approximate surface area is 97.1 Å². The number of halogens is 4. The first-order valence-corrected chi connectivity index (χ1v) is 4.42. The molecular weight excluding hydrogens is 269 g/mol. The van der Waals surface area contributed by atoms with Crippen LogP contribution in [0.15, 0.2) is 6.20 Å². The Morgan fingerprint density at radius 2 is 2.12 bits per heavy atom. The molecule has 9 heteroatoms. The van der Waals surface area contributed by atoms with Crippen LogP contribution in [-0.4, -0.2) is 15.1 Å². The largest absolute Gasteiger partial charge is 0.298 e. The third kappa shape index (κ3) is 2.25. The summed E-state index contributed by atoms with van der Waals surface area (Å²) in [6.45, 7) is 0. The van der Waals surface area contributed by atoms with Gasteiger partial charge in [-0.25, -0.2) is 13.8 Å². The smallest absolute Gasteiger partial charge is 0.274 e. The van der Waals surface area contributed by atoms with Crippen molar-refractivity contribution in [2.24, 2.45) is 0 Å². The maximum atomic E-state index is 12.5. The van der Waals surface area contributed by atoms with Crippen molar-refractivity contribution in [3.8, 4) is 0 Å². The molecule has 1 aromatic rings. The van der Waals surface area contributed by atoms with Crippen molar-refractivity contribution in [3.05, 3.63) is 32.6 Å². The summed E-state index contributed by atoms with van der Waals surface area (Å²) in [6.07, 6.45) is -2.69. The molecule has 0 amide bonds. The fourth-order valence-electron chi connectivity index (χ4n) is 0.982. The predicted octanol–water partition coefficient (Wildman–Crippen LogP) is 2.96.